The predicted molar refractivity (Wildman–Crippen MR) is 102 cm³/mol. The summed E-state index contributed by atoms with van der Waals surface area (Å²) >= 11 is 5.84. The molecular formula is C15H21ClN5O8P. The van der Waals surface area contributed by atoms with Gasteiger partial charge in [0.05, 0.1) is 31.7 Å². The van der Waals surface area contributed by atoms with Crippen LogP contribution in [0.15, 0.2) is 6.33 Å². The normalized spacial score (nSPS) is 25.5. The van der Waals surface area contributed by atoms with Crippen molar-refractivity contribution in [1.82, 2.24) is 19.5 Å². The average molecular weight is 466 g/mol. The number of imidazole rings is 1. The van der Waals surface area contributed by atoms with E-state index in [1.54, 1.807) is 0 Å². The highest BCUT2D eigenvalue weighted by Gasteiger charge is 2.45. The summed E-state index contributed by atoms with van der Waals surface area (Å²) in [5.74, 6) is -4.03. The van der Waals surface area contributed by atoms with Crippen molar-refractivity contribution in [3.63, 3.8) is 0 Å². The van der Waals surface area contributed by atoms with E-state index in [1.165, 1.54) is 17.8 Å². The number of carbonyl (C=O) groups excluding carboxylic acids is 1. The Bertz CT molecular complexity index is 983. The number of anilines is 1. The highest BCUT2D eigenvalue weighted by molar-refractivity contribution is 7.53. The molecule has 30 heavy (non-hydrogen) atoms. The zero-order chi connectivity index (χ0) is 22.2. The minimum absolute atomic E-state index is 0.0515. The Labute approximate surface area is 175 Å². The number of nitrogen functional groups attached to an aromatic ring is 1. The molecule has 0 spiro atoms. The number of aromatic nitrogens is 4. The maximum absolute atomic E-state index is 11.8. The molecule has 1 saturated carbocycles. The number of carbonyl (C=O) groups is 1. The minimum atomic E-state index is -4.96. The van der Waals surface area contributed by atoms with Crippen molar-refractivity contribution in [2.75, 3.05) is 18.9 Å². The second-order valence-electron chi connectivity index (χ2n) is 6.77. The third-order valence-corrected chi connectivity index (χ3v) is 5.95. The number of rotatable bonds is 7. The molecule has 0 unspecified atom stereocenters. The summed E-state index contributed by atoms with van der Waals surface area (Å²) in [6, 6.07) is -0.708. The molecule has 0 radical (unpaired) electrons. The first-order chi connectivity index (χ1) is 14.0. The molecule has 3 rings (SSSR count). The van der Waals surface area contributed by atoms with Crippen molar-refractivity contribution < 1.29 is 38.8 Å². The Hall–Kier alpha value is -1.86. The summed E-state index contributed by atoms with van der Waals surface area (Å²) in [6.07, 6.45) is -1.08. The van der Waals surface area contributed by atoms with Gasteiger partial charge in [-0.1, -0.05) is 0 Å². The molecule has 1 aliphatic carbocycles. The second-order valence-corrected chi connectivity index (χ2v) is 8.76. The number of hydrogen-bond acceptors (Lipinski definition) is 10. The molecule has 0 aliphatic heterocycles. The summed E-state index contributed by atoms with van der Waals surface area (Å²) in [6.45, 7) is 0.981. The summed E-state index contributed by atoms with van der Waals surface area (Å²) in [4.78, 5) is 42.5. The second kappa shape index (κ2) is 8.71. The van der Waals surface area contributed by atoms with E-state index in [4.69, 9.17) is 22.1 Å². The van der Waals surface area contributed by atoms with E-state index in [0.29, 0.717) is 0 Å². The highest BCUT2D eigenvalue weighted by atomic mass is 35.5. The van der Waals surface area contributed by atoms with Gasteiger partial charge >= 0.3 is 13.6 Å². The van der Waals surface area contributed by atoms with E-state index < -0.39 is 50.2 Å². The van der Waals surface area contributed by atoms with E-state index >= 15 is 0 Å². The van der Waals surface area contributed by atoms with Gasteiger partial charge in [0.25, 0.3) is 5.85 Å². The molecule has 0 amide bonds. The van der Waals surface area contributed by atoms with Crippen LogP contribution in [-0.4, -0.2) is 76.8 Å². The van der Waals surface area contributed by atoms with Crippen LogP contribution >= 0.6 is 19.2 Å². The SMILES string of the molecule is CCOC(=O)[C@H](OC[C@H]1C[C@@H](n2cnc3c(N)nc(Cl)nc32)[C@H](O)[C@@H]1O)P(=O)(O)O. The number of nitrogens with two attached hydrogens (primary N) is 1. The fraction of sp³-hybridized carbons (Fsp3) is 0.600. The molecule has 1 fully saturated rings. The third kappa shape index (κ3) is 4.42. The molecule has 0 aromatic carbocycles. The summed E-state index contributed by atoms with van der Waals surface area (Å²) < 4.78 is 22.8. The zero-order valence-electron chi connectivity index (χ0n) is 15.7. The molecule has 13 nitrogen and oxygen atoms in total. The quantitative estimate of drug-likeness (QED) is 0.198. The van der Waals surface area contributed by atoms with Crippen molar-refractivity contribution in [2.24, 2.45) is 5.92 Å². The standard InChI is InChI=1S/C15H21ClN5O8P/c1-2-28-13(24)14(30(25,26)27)29-4-6-3-7(10(23)9(6)22)21-5-18-8-11(17)19-15(16)20-12(8)21/h5-7,9-10,14,22-23H,2-4H2,1H3,(H2,17,19,20)(H2,25,26,27)/t6-,7-,9-,10+,14-/m1/s1. The number of fused-ring (bicyclic) bond motifs is 1. The Kier molecular flexibility index (Phi) is 6.63. The topological polar surface area (TPSA) is 203 Å². The molecule has 15 heteroatoms. The fourth-order valence-corrected chi connectivity index (χ4v) is 4.22. The third-order valence-electron chi connectivity index (χ3n) is 4.81. The highest BCUT2D eigenvalue weighted by Crippen LogP contribution is 2.44. The van der Waals surface area contributed by atoms with Crippen LogP contribution in [0.4, 0.5) is 5.82 Å². The molecule has 1 aliphatic rings. The van der Waals surface area contributed by atoms with Crippen LogP contribution in [0.25, 0.3) is 11.2 Å². The molecule has 6 N–H and O–H groups in total. The monoisotopic (exact) mass is 465 g/mol. The Morgan fingerprint density at radius 2 is 2.10 bits per heavy atom. The molecule has 2 aromatic heterocycles. The van der Waals surface area contributed by atoms with Crippen LogP contribution in [0.3, 0.4) is 0 Å². The van der Waals surface area contributed by atoms with Gasteiger partial charge in [-0.2, -0.15) is 9.97 Å². The first-order valence-corrected chi connectivity index (χ1v) is 11.0. The summed E-state index contributed by atoms with van der Waals surface area (Å²) in [5, 5.41) is 20.8. The van der Waals surface area contributed by atoms with E-state index in [1.807, 2.05) is 0 Å². The molecule has 0 bridgehead atoms. The Balaban J connectivity index is 1.79. The van der Waals surface area contributed by atoms with E-state index in [-0.39, 0.29) is 35.3 Å². The van der Waals surface area contributed by atoms with Crippen LogP contribution in [0, 0.1) is 5.92 Å². The maximum atomic E-state index is 11.8. The lowest BCUT2D eigenvalue weighted by Gasteiger charge is -2.21. The van der Waals surface area contributed by atoms with Crippen LogP contribution in [-0.2, 0) is 18.8 Å². The molecule has 0 saturated heterocycles. The average Bonchev–Trinajstić information content (AvgIpc) is 3.17. The van der Waals surface area contributed by atoms with Gasteiger partial charge in [-0.05, 0) is 24.9 Å². The first kappa shape index (κ1) is 22.8. The smallest absolute Gasteiger partial charge is 0.365 e. The van der Waals surface area contributed by atoms with E-state index in [0.717, 1.165) is 0 Å². The van der Waals surface area contributed by atoms with Gasteiger partial charge in [-0.15, -0.1) is 0 Å². The lowest BCUT2D eigenvalue weighted by Crippen LogP contribution is -2.33. The number of hydrogen-bond donors (Lipinski definition) is 5. The number of nitrogens with zero attached hydrogens (tertiary/aromatic N) is 4. The van der Waals surface area contributed by atoms with Gasteiger partial charge in [0.1, 0.15) is 11.6 Å². The fourth-order valence-electron chi connectivity index (χ4n) is 3.42. The van der Waals surface area contributed by atoms with Gasteiger partial charge in [0.15, 0.2) is 11.5 Å². The van der Waals surface area contributed by atoms with E-state index in [2.05, 4.69) is 19.7 Å². The summed E-state index contributed by atoms with van der Waals surface area (Å²) in [5.41, 5.74) is 6.29. The Morgan fingerprint density at radius 1 is 1.40 bits per heavy atom. The largest absolute Gasteiger partial charge is 0.464 e. The predicted octanol–water partition coefficient (Wildman–Crippen LogP) is -0.572. The number of ether oxygens (including phenoxy) is 2. The maximum Gasteiger partial charge on any atom is 0.365 e. The number of halogens is 1. The molecule has 2 aromatic rings. The van der Waals surface area contributed by atoms with Crippen LogP contribution in [0.2, 0.25) is 5.28 Å². The van der Waals surface area contributed by atoms with Crippen molar-refractivity contribution in [3.05, 3.63) is 11.6 Å². The van der Waals surface area contributed by atoms with Crippen molar-refractivity contribution >= 4 is 42.1 Å². The molecule has 2 heterocycles. The number of aliphatic hydroxyl groups excluding tert-OH is 2. The van der Waals surface area contributed by atoms with Crippen LogP contribution < -0.4 is 5.73 Å². The van der Waals surface area contributed by atoms with Crippen LogP contribution in [0.1, 0.15) is 19.4 Å². The number of aliphatic hydroxyl groups is 2. The van der Waals surface area contributed by atoms with Crippen molar-refractivity contribution in [2.45, 2.75) is 37.4 Å². The van der Waals surface area contributed by atoms with Crippen molar-refractivity contribution in [1.29, 1.82) is 0 Å². The van der Waals surface area contributed by atoms with Crippen molar-refractivity contribution in [3.8, 4) is 0 Å². The van der Waals surface area contributed by atoms with Gasteiger partial charge in [0, 0.05) is 5.92 Å². The van der Waals surface area contributed by atoms with Gasteiger partial charge in [-0.25, -0.2) is 9.78 Å². The minimum Gasteiger partial charge on any atom is -0.464 e. The summed E-state index contributed by atoms with van der Waals surface area (Å²) in [7, 11) is -4.96. The van der Waals surface area contributed by atoms with E-state index in [9.17, 15) is 29.4 Å². The van der Waals surface area contributed by atoms with Crippen LogP contribution in [0.5, 0.6) is 0 Å². The Morgan fingerprint density at radius 3 is 2.73 bits per heavy atom. The van der Waals surface area contributed by atoms with Gasteiger partial charge in [0.2, 0.25) is 5.28 Å². The molecule has 166 valence electrons. The van der Waals surface area contributed by atoms with Gasteiger partial charge in [-0.3, -0.25) is 4.57 Å². The zero-order valence-corrected chi connectivity index (χ0v) is 17.3. The molecular weight excluding hydrogens is 445 g/mol. The van der Waals surface area contributed by atoms with Gasteiger partial charge < -0.3 is 39.8 Å². The lowest BCUT2D eigenvalue weighted by molar-refractivity contribution is -0.153. The number of esters is 1. The lowest BCUT2D eigenvalue weighted by atomic mass is 10.1. The molecule has 5 atom stereocenters. The first-order valence-electron chi connectivity index (χ1n) is 8.89.